The molecule has 0 radical (unpaired) electrons. The highest BCUT2D eigenvalue weighted by atomic mass is 16.1. The lowest BCUT2D eigenvalue weighted by Crippen LogP contribution is -2.17. The van der Waals surface area contributed by atoms with Gasteiger partial charge in [0.2, 0.25) is 0 Å². The van der Waals surface area contributed by atoms with E-state index in [1.54, 1.807) is 6.92 Å². The topological polar surface area (TPSA) is 60.9 Å². The Hall–Kier alpha value is -1.68. The second kappa shape index (κ2) is 6.18. The largest absolute Gasteiger partial charge is 0.326 e. The van der Waals surface area contributed by atoms with E-state index in [0.717, 1.165) is 29.7 Å². The minimum absolute atomic E-state index is 0.0698. The highest BCUT2D eigenvalue weighted by molar-refractivity contribution is 5.78. The van der Waals surface area contributed by atoms with E-state index in [1.807, 2.05) is 0 Å². The highest BCUT2D eigenvalue weighted by Crippen LogP contribution is 2.23. The highest BCUT2D eigenvalue weighted by Gasteiger charge is 2.16. The predicted octanol–water partition coefficient (Wildman–Crippen LogP) is 3.12. The van der Waals surface area contributed by atoms with Crippen molar-refractivity contribution in [2.45, 2.75) is 52.6 Å². The van der Waals surface area contributed by atoms with E-state index in [1.165, 1.54) is 5.56 Å². The van der Waals surface area contributed by atoms with Crippen LogP contribution in [-0.4, -0.2) is 15.3 Å². The summed E-state index contributed by atoms with van der Waals surface area (Å²) >= 11 is 0. The molecule has 2 rings (SSSR count). The Morgan fingerprint density at radius 1 is 1.45 bits per heavy atom. The van der Waals surface area contributed by atoms with Gasteiger partial charge in [-0.25, -0.2) is 4.98 Å². The Labute approximate surface area is 120 Å². The molecule has 0 spiro atoms. The summed E-state index contributed by atoms with van der Waals surface area (Å²) in [5.74, 6) is 1.09. The molecule has 2 aromatic rings. The lowest BCUT2D eigenvalue weighted by atomic mass is 10.1. The van der Waals surface area contributed by atoms with E-state index in [4.69, 9.17) is 10.7 Å². The molecule has 0 amide bonds. The molecule has 4 nitrogen and oxygen atoms in total. The van der Waals surface area contributed by atoms with Crippen LogP contribution in [0.4, 0.5) is 0 Å². The standard InChI is InChI=1S/C16H23N3O/c1-4-5-13(17)16-18-14-10-11(2)6-7-15(14)19(16)9-8-12(3)20/h6-7,10,13H,4-5,8-9,17H2,1-3H3. The monoisotopic (exact) mass is 273 g/mol. The fourth-order valence-electron chi connectivity index (χ4n) is 2.49. The van der Waals surface area contributed by atoms with Crippen LogP contribution in [0.1, 0.15) is 50.5 Å². The molecule has 0 aliphatic rings. The molecule has 1 unspecified atom stereocenters. The summed E-state index contributed by atoms with van der Waals surface area (Å²) in [6.07, 6.45) is 2.45. The molecule has 0 saturated carbocycles. The number of aryl methyl sites for hydroxylation is 2. The van der Waals surface area contributed by atoms with Gasteiger partial charge in [0.25, 0.3) is 0 Å². The summed E-state index contributed by atoms with van der Waals surface area (Å²) in [5, 5.41) is 0. The molecule has 4 heteroatoms. The van der Waals surface area contributed by atoms with Gasteiger partial charge in [-0.3, -0.25) is 4.79 Å². The van der Waals surface area contributed by atoms with Gasteiger partial charge in [0.05, 0.1) is 17.1 Å². The second-order valence-corrected chi connectivity index (χ2v) is 5.46. The zero-order chi connectivity index (χ0) is 14.7. The SMILES string of the molecule is CCCC(N)c1nc2cc(C)ccc2n1CCC(C)=O. The number of benzene rings is 1. The molecule has 0 aliphatic heterocycles. The van der Waals surface area contributed by atoms with Gasteiger partial charge in [0, 0.05) is 13.0 Å². The average molecular weight is 273 g/mol. The number of nitrogens with two attached hydrogens (primary N) is 1. The minimum atomic E-state index is -0.0698. The molecular weight excluding hydrogens is 250 g/mol. The number of fused-ring (bicyclic) bond motifs is 1. The number of hydrogen-bond acceptors (Lipinski definition) is 3. The third kappa shape index (κ3) is 3.07. The Bertz CT molecular complexity index is 615. The van der Waals surface area contributed by atoms with Crippen molar-refractivity contribution in [1.29, 1.82) is 0 Å². The minimum Gasteiger partial charge on any atom is -0.326 e. The molecule has 1 atom stereocenters. The van der Waals surface area contributed by atoms with Crippen LogP contribution in [0.2, 0.25) is 0 Å². The lowest BCUT2D eigenvalue weighted by molar-refractivity contribution is -0.117. The first kappa shape index (κ1) is 14.7. The maximum absolute atomic E-state index is 11.3. The van der Waals surface area contributed by atoms with Crippen molar-refractivity contribution in [3.63, 3.8) is 0 Å². The quantitative estimate of drug-likeness (QED) is 0.879. The first-order valence-corrected chi connectivity index (χ1v) is 7.24. The van der Waals surface area contributed by atoms with Crippen molar-refractivity contribution in [2.24, 2.45) is 5.73 Å². The fraction of sp³-hybridized carbons (Fsp3) is 0.500. The summed E-state index contributed by atoms with van der Waals surface area (Å²) < 4.78 is 2.11. The number of carbonyl (C=O) groups is 1. The predicted molar refractivity (Wildman–Crippen MR) is 81.6 cm³/mol. The third-order valence-corrected chi connectivity index (χ3v) is 3.55. The second-order valence-electron chi connectivity index (χ2n) is 5.46. The first-order valence-electron chi connectivity index (χ1n) is 7.24. The summed E-state index contributed by atoms with van der Waals surface area (Å²) in [6, 6.07) is 6.14. The summed E-state index contributed by atoms with van der Waals surface area (Å²) in [6.45, 7) is 6.45. The summed E-state index contributed by atoms with van der Waals surface area (Å²) in [4.78, 5) is 16.0. The van der Waals surface area contributed by atoms with Gasteiger partial charge >= 0.3 is 0 Å². The number of ketones is 1. The van der Waals surface area contributed by atoms with Crippen molar-refractivity contribution >= 4 is 16.8 Å². The van der Waals surface area contributed by atoms with Gasteiger partial charge in [-0.15, -0.1) is 0 Å². The third-order valence-electron chi connectivity index (χ3n) is 3.55. The lowest BCUT2D eigenvalue weighted by Gasteiger charge is -2.13. The zero-order valence-corrected chi connectivity index (χ0v) is 12.5. The van der Waals surface area contributed by atoms with Crippen LogP contribution in [0, 0.1) is 6.92 Å². The number of carbonyl (C=O) groups excluding carboxylic acids is 1. The van der Waals surface area contributed by atoms with Crippen molar-refractivity contribution in [3.05, 3.63) is 29.6 Å². The van der Waals surface area contributed by atoms with Crippen LogP contribution < -0.4 is 5.73 Å². The van der Waals surface area contributed by atoms with E-state index in [9.17, 15) is 4.79 Å². The Kier molecular flexibility index (Phi) is 4.55. The van der Waals surface area contributed by atoms with E-state index >= 15 is 0 Å². The number of Topliss-reactive ketones (excluding diaryl/α,β-unsaturated/α-hetero) is 1. The molecule has 108 valence electrons. The van der Waals surface area contributed by atoms with E-state index in [2.05, 4.69) is 36.6 Å². The van der Waals surface area contributed by atoms with Crippen LogP contribution in [0.3, 0.4) is 0 Å². The number of aromatic nitrogens is 2. The Balaban J connectivity index is 2.47. The molecule has 2 N–H and O–H groups in total. The molecule has 0 fully saturated rings. The fourth-order valence-corrected chi connectivity index (χ4v) is 2.49. The van der Waals surface area contributed by atoms with Crippen LogP contribution >= 0.6 is 0 Å². The first-order chi connectivity index (χ1) is 9.52. The van der Waals surface area contributed by atoms with Crippen molar-refractivity contribution in [1.82, 2.24) is 9.55 Å². The molecule has 1 heterocycles. The molecular formula is C16H23N3O. The van der Waals surface area contributed by atoms with Crippen molar-refractivity contribution < 1.29 is 4.79 Å². The van der Waals surface area contributed by atoms with Crippen LogP contribution in [0.25, 0.3) is 11.0 Å². The Morgan fingerprint density at radius 2 is 2.20 bits per heavy atom. The number of rotatable bonds is 6. The molecule has 0 saturated heterocycles. The Morgan fingerprint density at radius 3 is 2.85 bits per heavy atom. The average Bonchev–Trinajstić information content (AvgIpc) is 2.74. The van der Waals surface area contributed by atoms with Crippen molar-refractivity contribution in [3.8, 4) is 0 Å². The van der Waals surface area contributed by atoms with Gasteiger partial charge in [0.1, 0.15) is 11.6 Å². The molecule has 0 aliphatic carbocycles. The number of imidazole rings is 1. The smallest absolute Gasteiger partial charge is 0.131 e. The molecule has 1 aromatic heterocycles. The maximum atomic E-state index is 11.3. The van der Waals surface area contributed by atoms with Crippen molar-refractivity contribution in [2.75, 3.05) is 0 Å². The van der Waals surface area contributed by atoms with E-state index < -0.39 is 0 Å². The summed E-state index contributed by atoms with van der Waals surface area (Å²) in [7, 11) is 0. The van der Waals surface area contributed by atoms with Gasteiger partial charge in [-0.05, 0) is 38.0 Å². The maximum Gasteiger partial charge on any atom is 0.131 e. The van der Waals surface area contributed by atoms with Gasteiger partial charge in [0.15, 0.2) is 0 Å². The molecule has 0 bridgehead atoms. The van der Waals surface area contributed by atoms with Crippen LogP contribution in [0.5, 0.6) is 0 Å². The van der Waals surface area contributed by atoms with Crippen LogP contribution in [-0.2, 0) is 11.3 Å². The zero-order valence-electron chi connectivity index (χ0n) is 12.5. The van der Waals surface area contributed by atoms with Gasteiger partial charge in [-0.2, -0.15) is 0 Å². The van der Waals surface area contributed by atoms with Gasteiger partial charge < -0.3 is 10.3 Å². The molecule has 1 aromatic carbocycles. The number of nitrogens with zero attached hydrogens (tertiary/aromatic N) is 2. The number of hydrogen-bond donors (Lipinski definition) is 1. The van der Waals surface area contributed by atoms with Gasteiger partial charge in [-0.1, -0.05) is 19.4 Å². The van der Waals surface area contributed by atoms with E-state index in [0.29, 0.717) is 13.0 Å². The van der Waals surface area contributed by atoms with Crippen LogP contribution in [0.15, 0.2) is 18.2 Å². The summed E-state index contributed by atoms with van der Waals surface area (Å²) in [5.41, 5.74) is 9.47. The van der Waals surface area contributed by atoms with E-state index in [-0.39, 0.29) is 11.8 Å². The molecule has 20 heavy (non-hydrogen) atoms. The normalized spacial score (nSPS) is 12.8.